The van der Waals surface area contributed by atoms with Gasteiger partial charge in [-0.1, -0.05) is 6.07 Å². The maximum atomic E-state index is 13.6. The van der Waals surface area contributed by atoms with Gasteiger partial charge in [0.05, 0.1) is 33.3 Å². The lowest BCUT2D eigenvalue weighted by Gasteiger charge is -2.49. The molecule has 0 aromatic heterocycles. The lowest BCUT2D eigenvalue weighted by atomic mass is 9.83. The molecule has 0 radical (unpaired) electrons. The Kier molecular flexibility index (Phi) is 6.40. The Balaban J connectivity index is 1.43. The second-order valence-electron chi connectivity index (χ2n) is 8.93. The highest BCUT2D eigenvalue weighted by molar-refractivity contribution is 5.94. The fourth-order valence-electron chi connectivity index (χ4n) is 5.14. The summed E-state index contributed by atoms with van der Waals surface area (Å²) in [7, 11) is 5.00. The molecule has 0 unspecified atom stereocenters. The Bertz CT molecular complexity index is 1180. The minimum Gasteiger partial charge on any atom is -0.497 e. The van der Waals surface area contributed by atoms with E-state index in [9.17, 15) is 4.79 Å². The molecular weight excluding hydrogens is 442 g/mol. The number of methoxy groups -OCH3 is 3. The number of benzene rings is 3. The van der Waals surface area contributed by atoms with Crippen molar-refractivity contribution in [1.29, 1.82) is 0 Å². The van der Waals surface area contributed by atoms with Gasteiger partial charge in [0, 0.05) is 42.8 Å². The highest BCUT2D eigenvalue weighted by Crippen LogP contribution is 2.39. The Morgan fingerprint density at radius 1 is 0.829 bits per heavy atom. The van der Waals surface area contributed by atoms with Crippen molar-refractivity contribution in [1.82, 2.24) is 0 Å². The van der Waals surface area contributed by atoms with Gasteiger partial charge in [-0.2, -0.15) is 0 Å². The van der Waals surface area contributed by atoms with E-state index in [2.05, 4.69) is 39.4 Å². The van der Waals surface area contributed by atoms with Crippen molar-refractivity contribution in [3.05, 3.63) is 72.3 Å². The summed E-state index contributed by atoms with van der Waals surface area (Å²) in [5, 5.41) is 3.14. The molecule has 1 fully saturated rings. The zero-order valence-electron chi connectivity index (χ0n) is 20.4. The molecule has 1 N–H and O–H groups in total. The maximum Gasteiger partial charge on any atom is 0.229 e. The van der Waals surface area contributed by atoms with Gasteiger partial charge in [-0.3, -0.25) is 4.79 Å². The smallest absolute Gasteiger partial charge is 0.229 e. The van der Waals surface area contributed by atoms with Crippen LogP contribution in [0, 0.1) is 5.92 Å². The first-order valence-corrected chi connectivity index (χ1v) is 11.9. The lowest BCUT2D eigenvalue weighted by Crippen LogP contribution is -2.60. The molecule has 1 saturated heterocycles. The predicted octanol–water partition coefficient (Wildman–Crippen LogP) is 4.22. The Morgan fingerprint density at radius 2 is 1.46 bits per heavy atom. The van der Waals surface area contributed by atoms with E-state index in [0.717, 1.165) is 53.9 Å². The van der Waals surface area contributed by atoms with Crippen molar-refractivity contribution in [2.75, 3.05) is 56.1 Å². The molecule has 2 atom stereocenters. The van der Waals surface area contributed by atoms with Crippen LogP contribution in [0.15, 0.2) is 66.7 Å². The molecule has 0 saturated carbocycles. The summed E-state index contributed by atoms with van der Waals surface area (Å²) in [6.45, 7) is 2.44. The normalized spacial score (nSPS) is 18.8. The second-order valence-corrected chi connectivity index (χ2v) is 8.93. The average Bonchev–Trinajstić information content (AvgIpc) is 2.92. The molecule has 2 aliphatic rings. The molecule has 0 aliphatic carbocycles. The van der Waals surface area contributed by atoms with Crippen LogP contribution in [0.25, 0.3) is 0 Å². The van der Waals surface area contributed by atoms with Crippen LogP contribution in [-0.4, -0.2) is 52.9 Å². The number of carbonyl (C=O) groups excluding carboxylic acids is 1. The number of rotatable bonds is 6. The highest BCUT2D eigenvalue weighted by atomic mass is 16.5. The summed E-state index contributed by atoms with van der Waals surface area (Å²) in [6.07, 6.45) is 0.679. The summed E-state index contributed by atoms with van der Waals surface area (Å²) in [5.41, 5.74) is 4.24. The van der Waals surface area contributed by atoms with Gasteiger partial charge in [0.2, 0.25) is 5.91 Å². The van der Waals surface area contributed by atoms with Crippen molar-refractivity contribution < 1.29 is 19.0 Å². The van der Waals surface area contributed by atoms with E-state index in [1.54, 1.807) is 21.3 Å². The van der Waals surface area contributed by atoms with E-state index in [4.69, 9.17) is 14.2 Å². The number of anilines is 3. The number of fused-ring (bicyclic) bond motifs is 3. The van der Waals surface area contributed by atoms with Crippen LogP contribution in [0.2, 0.25) is 0 Å². The minimum atomic E-state index is -0.195. The van der Waals surface area contributed by atoms with E-state index in [1.807, 2.05) is 42.5 Å². The molecule has 3 aromatic carbocycles. The quantitative estimate of drug-likeness (QED) is 0.579. The average molecular weight is 474 g/mol. The van der Waals surface area contributed by atoms with Crippen LogP contribution in [-0.2, 0) is 11.2 Å². The number of nitrogens with zero attached hydrogens (tertiary/aromatic N) is 2. The Hall–Kier alpha value is -3.87. The number of carbonyl (C=O) groups is 1. The van der Waals surface area contributed by atoms with Crippen LogP contribution in [0.3, 0.4) is 0 Å². The standard InChI is InChI=1S/C28H31N3O4/c1-33-22-10-5-20(6-11-22)29-28(32)25-16-19-4-9-24(35-3)17-26(19)31-15-14-30(18-27(25)31)21-7-12-23(34-2)13-8-21/h4-13,17,25,27H,14-16,18H2,1-3H3,(H,29,32)/t25-,27-/m1/s1. The van der Waals surface area contributed by atoms with Crippen molar-refractivity contribution >= 4 is 23.0 Å². The fourth-order valence-corrected chi connectivity index (χ4v) is 5.14. The molecule has 2 aliphatic heterocycles. The molecule has 7 heteroatoms. The van der Waals surface area contributed by atoms with Gasteiger partial charge in [0.15, 0.2) is 0 Å². The third-order valence-corrected chi connectivity index (χ3v) is 7.06. The number of piperazine rings is 1. The van der Waals surface area contributed by atoms with Crippen LogP contribution < -0.4 is 29.3 Å². The molecule has 1 amide bonds. The van der Waals surface area contributed by atoms with Crippen LogP contribution in [0.1, 0.15) is 5.56 Å². The van der Waals surface area contributed by atoms with E-state index < -0.39 is 0 Å². The van der Waals surface area contributed by atoms with E-state index in [0.29, 0.717) is 6.42 Å². The number of amides is 1. The summed E-state index contributed by atoms with van der Waals surface area (Å²) in [4.78, 5) is 18.4. The summed E-state index contributed by atoms with van der Waals surface area (Å²) in [6, 6.07) is 21.8. The second kappa shape index (κ2) is 9.78. The topological polar surface area (TPSA) is 63.3 Å². The third-order valence-electron chi connectivity index (χ3n) is 7.06. The first kappa shape index (κ1) is 22.9. The monoisotopic (exact) mass is 473 g/mol. The molecule has 2 heterocycles. The van der Waals surface area contributed by atoms with Crippen molar-refractivity contribution in [3.63, 3.8) is 0 Å². The maximum absolute atomic E-state index is 13.6. The number of ether oxygens (including phenoxy) is 3. The van der Waals surface area contributed by atoms with Gasteiger partial charge in [-0.15, -0.1) is 0 Å². The number of hydrogen-bond acceptors (Lipinski definition) is 6. The summed E-state index contributed by atoms with van der Waals surface area (Å²) >= 11 is 0. The molecule has 182 valence electrons. The summed E-state index contributed by atoms with van der Waals surface area (Å²) < 4.78 is 16.1. The van der Waals surface area contributed by atoms with Crippen molar-refractivity contribution in [3.8, 4) is 17.2 Å². The molecule has 7 nitrogen and oxygen atoms in total. The van der Waals surface area contributed by atoms with Gasteiger partial charge in [0.1, 0.15) is 17.2 Å². The van der Waals surface area contributed by atoms with Crippen LogP contribution >= 0.6 is 0 Å². The third kappa shape index (κ3) is 4.58. The molecule has 0 bridgehead atoms. The zero-order valence-corrected chi connectivity index (χ0v) is 20.4. The number of nitrogens with one attached hydrogen (secondary N) is 1. The predicted molar refractivity (Wildman–Crippen MR) is 138 cm³/mol. The SMILES string of the molecule is COc1ccc(NC(=O)[C@@H]2Cc3ccc(OC)cc3N3CCN(c4ccc(OC)cc4)C[C@H]23)cc1. The molecule has 35 heavy (non-hydrogen) atoms. The van der Waals surface area contributed by atoms with Gasteiger partial charge in [0.25, 0.3) is 0 Å². The molecule has 0 spiro atoms. The number of hydrogen-bond donors (Lipinski definition) is 1. The molecule has 3 aromatic rings. The van der Waals surface area contributed by atoms with Gasteiger partial charge >= 0.3 is 0 Å². The fraction of sp³-hybridized carbons (Fsp3) is 0.321. The lowest BCUT2D eigenvalue weighted by molar-refractivity contribution is -0.120. The zero-order chi connectivity index (χ0) is 24.4. The van der Waals surface area contributed by atoms with Gasteiger partial charge in [-0.05, 0) is 66.6 Å². The Morgan fingerprint density at radius 3 is 2.11 bits per heavy atom. The first-order valence-electron chi connectivity index (χ1n) is 11.9. The van der Waals surface area contributed by atoms with Gasteiger partial charge < -0.3 is 29.3 Å². The van der Waals surface area contributed by atoms with Crippen molar-refractivity contribution in [2.45, 2.75) is 12.5 Å². The summed E-state index contributed by atoms with van der Waals surface area (Å²) in [5.74, 6) is 2.27. The largest absolute Gasteiger partial charge is 0.497 e. The molecular formula is C28H31N3O4. The van der Waals surface area contributed by atoms with Crippen molar-refractivity contribution in [2.24, 2.45) is 5.92 Å². The van der Waals surface area contributed by atoms with E-state index in [-0.39, 0.29) is 17.9 Å². The van der Waals surface area contributed by atoms with Crippen LogP contribution in [0.4, 0.5) is 17.1 Å². The Labute approximate surface area is 206 Å². The minimum absolute atomic E-state index is 0.0308. The van der Waals surface area contributed by atoms with Crippen LogP contribution in [0.5, 0.6) is 17.2 Å². The van der Waals surface area contributed by atoms with E-state index >= 15 is 0 Å². The molecule has 5 rings (SSSR count). The van der Waals surface area contributed by atoms with E-state index in [1.165, 1.54) is 5.56 Å². The first-order chi connectivity index (χ1) is 17.1. The van der Waals surface area contributed by atoms with Gasteiger partial charge in [-0.25, -0.2) is 0 Å². The highest BCUT2D eigenvalue weighted by Gasteiger charge is 2.41.